The molecule has 0 aliphatic carbocycles. The molecule has 1 aliphatic rings. The molecule has 0 fully saturated rings. The lowest BCUT2D eigenvalue weighted by molar-refractivity contribution is 0.103. The summed E-state index contributed by atoms with van der Waals surface area (Å²) < 4.78 is 0. The Morgan fingerprint density at radius 1 is 1.11 bits per heavy atom. The van der Waals surface area contributed by atoms with Crippen LogP contribution in [-0.2, 0) is 5.75 Å². The Morgan fingerprint density at radius 3 is 2.78 bits per heavy atom. The molecule has 0 bridgehead atoms. The van der Waals surface area contributed by atoms with Gasteiger partial charge in [-0.1, -0.05) is 24.3 Å². The molecule has 0 saturated heterocycles. The third-order valence-corrected chi connectivity index (χ3v) is 4.12. The number of benzene rings is 2. The highest BCUT2D eigenvalue weighted by Crippen LogP contribution is 2.33. The monoisotopic (exact) mass is 251 g/mol. The van der Waals surface area contributed by atoms with Gasteiger partial charge in [0.05, 0.1) is 11.6 Å². The zero-order valence-corrected chi connectivity index (χ0v) is 10.3. The van der Waals surface area contributed by atoms with Crippen LogP contribution in [-0.4, -0.2) is 5.78 Å². The fraction of sp³-hybridized carbons (Fsp3) is 0.0667. The van der Waals surface area contributed by atoms with Crippen molar-refractivity contribution in [1.82, 2.24) is 0 Å². The first-order valence-corrected chi connectivity index (χ1v) is 6.58. The predicted molar refractivity (Wildman–Crippen MR) is 70.6 cm³/mol. The number of carbonyl (C=O) groups excluding carboxylic acids is 1. The van der Waals surface area contributed by atoms with Crippen molar-refractivity contribution < 1.29 is 4.79 Å². The molecule has 86 valence electrons. The summed E-state index contributed by atoms with van der Waals surface area (Å²) in [6, 6.07) is 15.1. The number of hydrogen-bond donors (Lipinski definition) is 0. The molecule has 18 heavy (non-hydrogen) atoms. The van der Waals surface area contributed by atoms with Crippen LogP contribution in [0.4, 0.5) is 0 Å². The Hall–Kier alpha value is -2.05. The van der Waals surface area contributed by atoms with Gasteiger partial charge in [0.25, 0.3) is 0 Å². The van der Waals surface area contributed by atoms with Crippen LogP contribution in [0.2, 0.25) is 0 Å². The van der Waals surface area contributed by atoms with Crippen molar-refractivity contribution >= 4 is 17.5 Å². The minimum Gasteiger partial charge on any atom is -0.289 e. The number of thioether (sulfide) groups is 1. The van der Waals surface area contributed by atoms with Crippen LogP contribution in [0.25, 0.3) is 0 Å². The van der Waals surface area contributed by atoms with Crippen LogP contribution in [0.15, 0.2) is 47.4 Å². The van der Waals surface area contributed by atoms with Gasteiger partial charge in [0.15, 0.2) is 5.78 Å². The van der Waals surface area contributed by atoms with Gasteiger partial charge in [-0.05, 0) is 23.8 Å². The van der Waals surface area contributed by atoms with Crippen molar-refractivity contribution in [1.29, 1.82) is 5.26 Å². The molecule has 1 aliphatic heterocycles. The standard InChI is InChI=1S/C15H9NOS/c16-8-10-5-6-14-13(7-10)15(17)12-4-2-1-3-11(12)9-18-14/h1-7H,9H2. The second-order valence-electron chi connectivity index (χ2n) is 4.10. The molecule has 0 amide bonds. The van der Waals surface area contributed by atoms with Crippen molar-refractivity contribution in [3.05, 3.63) is 64.7 Å². The minimum absolute atomic E-state index is 0.0164. The smallest absolute Gasteiger partial charge is 0.194 e. The highest BCUT2D eigenvalue weighted by Gasteiger charge is 2.21. The highest BCUT2D eigenvalue weighted by atomic mass is 32.2. The molecule has 3 rings (SSSR count). The van der Waals surface area contributed by atoms with Gasteiger partial charge in [0.2, 0.25) is 0 Å². The average Bonchev–Trinajstić information content (AvgIpc) is 2.57. The Bertz CT molecular complexity index is 685. The molecule has 0 spiro atoms. The van der Waals surface area contributed by atoms with Crippen molar-refractivity contribution in [3.8, 4) is 6.07 Å². The number of ketones is 1. The van der Waals surface area contributed by atoms with Crippen LogP contribution in [0.1, 0.15) is 27.0 Å². The van der Waals surface area contributed by atoms with E-state index in [1.165, 1.54) is 0 Å². The van der Waals surface area contributed by atoms with Crippen LogP contribution < -0.4 is 0 Å². The van der Waals surface area contributed by atoms with E-state index in [0.29, 0.717) is 11.1 Å². The number of nitrogens with zero attached hydrogens (tertiary/aromatic N) is 1. The van der Waals surface area contributed by atoms with E-state index in [1.807, 2.05) is 30.3 Å². The maximum absolute atomic E-state index is 12.5. The molecule has 0 N–H and O–H groups in total. The summed E-state index contributed by atoms with van der Waals surface area (Å²) in [5, 5.41) is 8.92. The predicted octanol–water partition coefficient (Wildman–Crippen LogP) is 3.39. The Kier molecular flexibility index (Phi) is 2.66. The molecule has 0 radical (unpaired) electrons. The number of rotatable bonds is 0. The van der Waals surface area contributed by atoms with E-state index in [-0.39, 0.29) is 5.78 Å². The lowest BCUT2D eigenvalue weighted by atomic mass is 9.98. The maximum Gasteiger partial charge on any atom is 0.194 e. The van der Waals surface area contributed by atoms with E-state index in [1.54, 1.807) is 23.9 Å². The van der Waals surface area contributed by atoms with Crippen LogP contribution in [0, 0.1) is 11.3 Å². The van der Waals surface area contributed by atoms with Gasteiger partial charge in [-0.3, -0.25) is 4.79 Å². The Balaban J connectivity index is 2.21. The molecule has 0 atom stereocenters. The van der Waals surface area contributed by atoms with Crippen molar-refractivity contribution in [2.45, 2.75) is 10.6 Å². The molecule has 3 heteroatoms. The van der Waals surface area contributed by atoms with Gasteiger partial charge >= 0.3 is 0 Å². The number of nitriles is 1. The van der Waals surface area contributed by atoms with E-state index in [4.69, 9.17) is 5.26 Å². The molecule has 1 heterocycles. The first-order chi connectivity index (χ1) is 8.79. The van der Waals surface area contributed by atoms with E-state index in [2.05, 4.69) is 6.07 Å². The lowest BCUT2D eigenvalue weighted by Gasteiger charge is -2.04. The summed E-state index contributed by atoms with van der Waals surface area (Å²) in [6.45, 7) is 0. The molecular weight excluding hydrogens is 242 g/mol. The summed E-state index contributed by atoms with van der Waals surface area (Å²) >= 11 is 1.64. The summed E-state index contributed by atoms with van der Waals surface area (Å²) in [6.07, 6.45) is 0. The molecule has 0 unspecified atom stereocenters. The zero-order chi connectivity index (χ0) is 12.5. The fourth-order valence-corrected chi connectivity index (χ4v) is 3.11. The average molecular weight is 251 g/mol. The van der Waals surface area contributed by atoms with E-state index in [9.17, 15) is 4.79 Å². The third kappa shape index (κ3) is 1.71. The number of fused-ring (bicyclic) bond motifs is 2. The van der Waals surface area contributed by atoms with Crippen molar-refractivity contribution in [2.75, 3.05) is 0 Å². The summed E-state index contributed by atoms with van der Waals surface area (Å²) in [5.74, 6) is 0.809. The SMILES string of the molecule is N#Cc1ccc2c(c1)C(=O)c1ccccc1CS2. The quantitative estimate of drug-likeness (QED) is 0.720. The first-order valence-electron chi connectivity index (χ1n) is 5.59. The van der Waals surface area contributed by atoms with Gasteiger partial charge in [-0.25, -0.2) is 0 Å². The van der Waals surface area contributed by atoms with Gasteiger partial charge < -0.3 is 0 Å². The van der Waals surface area contributed by atoms with E-state index < -0.39 is 0 Å². The molecule has 0 aromatic heterocycles. The normalized spacial score (nSPS) is 13.2. The second kappa shape index (κ2) is 4.32. The van der Waals surface area contributed by atoms with Gasteiger partial charge in [-0.2, -0.15) is 5.26 Å². The maximum atomic E-state index is 12.5. The fourth-order valence-electron chi connectivity index (χ4n) is 2.07. The van der Waals surface area contributed by atoms with Gasteiger partial charge in [0, 0.05) is 21.8 Å². The van der Waals surface area contributed by atoms with Gasteiger partial charge in [-0.15, -0.1) is 11.8 Å². The zero-order valence-electron chi connectivity index (χ0n) is 9.51. The molecule has 2 aromatic rings. The van der Waals surface area contributed by atoms with Crippen molar-refractivity contribution in [3.63, 3.8) is 0 Å². The lowest BCUT2D eigenvalue weighted by Crippen LogP contribution is -2.03. The summed E-state index contributed by atoms with van der Waals surface area (Å²) in [7, 11) is 0. The topological polar surface area (TPSA) is 40.9 Å². The summed E-state index contributed by atoms with van der Waals surface area (Å²) in [5.41, 5.74) is 2.98. The summed E-state index contributed by atoms with van der Waals surface area (Å²) in [4.78, 5) is 13.4. The van der Waals surface area contributed by atoms with E-state index in [0.717, 1.165) is 21.8 Å². The van der Waals surface area contributed by atoms with Crippen molar-refractivity contribution in [2.24, 2.45) is 0 Å². The van der Waals surface area contributed by atoms with E-state index >= 15 is 0 Å². The van der Waals surface area contributed by atoms with Crippen LogP contribution in [0.3, 0.4) is 0 Å². The Labute approximate surface area is 109 Å². The second-order valence-corrected chi connectivity index (χ2v) is 5.11. The molecule has 0 saturated carbocycles. The first kappa shape index (κ1) is 11.1. The van der Waals surface area contributed by atoms with Crippen LogP contribution >= 0.6 is 11.8 Å². The molecular formula is C15H9NOS. The number of hydrogen-bond acceptors (Lipinski definition) is 3. The minimum atomic E-state index is 0.0164. The van der Waals surface area contributed by atoms with Crippen LogP contribution in [0.5, 0.6) is 0 Å². The van der Waals surface area contributed by atoms with Gasteiger partial charge in [0.1, 0.15) is 0 Å². The largest absolute Gasteiger partial charge is 0.289 e. The highest BCUT2D eigenvalue weighted by molar-refractivity contribution is 7.98. The number of carbonyl (C=O) groups is 1. The molecule has 2 aromatic carbocycles. The molecule has 2 nitrogen and oxygen atoms in total. The Morgan fingerprint density at radius 2 is 1.94 bits per heavy atom. The third-order valence-electron chi connectivity index (χ3n) is 3.00.